The van der Waals surface area contributed by atoms with Gasteiger partial charge < -0.3 is 4.90 Å². The van der Waals surface area contributed by atoms with E-state index in [2.05, 4.69) is 0 Å². The third-order valence-electron chi connectivity index (χ3n) is 5.42. The zero-order valence-electron chi connectivity index (χ0n) is 15.1. The first-order valence-corrected chi connectivity index (χ1v) is 10.5. The zero-order chi connectivity index (χ0) is 19.2. The average molecular weight is 388 g/mol. The maximum atomic E-state index is 13.6. The van der Waals surface area contributed by atoms with Crippen LogP contribution in [0.1, 0.15) is 36.9 Å². The minimum atomic E-state index is -3.71. The van der Waals surface area contributed by atoms with Gasteiger partial charge in [-0.25, -0.2) is 12.8 Å². The molecule has 0 radical (unpaired) electrons. The lowest BCUT2D eigenvalue weighted by atomic mass is 9.95. The van der Waals surface area contributed by atoms with Crippen molar-refractivity contribution in [1.29, 1.82) is 0 Å². The highest BCUT2D eigenvalue weighted by Gasteiger charge is 2.34. The largest absolute Gasteiger partial charge is 0.312 e. The lowest BCUT2D eigenvalue weighted by Crippen LogP contribution is -2.38. The van der Waals surface area contributed by atoms with Gasteiger partial charge in [-0.2, -0.15) is 4.31 Å². The fourth-order valence-electron chi connectivity index (χ4n) is 3.94. The zero-order valence-corrected chi connectivity index (χ0v) is 15.9. The molecule has 1 amide bonds. The van der Waals surface area contributed by atoms with Crippen molar-refractivity contribution in [3.8, 4) is 0 Å². The maximum absolute atomic E-state index is 13.6. The molecule has 2 aromatic rings. The first kappa shape index (κ1) is 18.1. The van der Waals surface area contributed by atoms with E-state index in [1.807, 2.05) is 0 Å². The summed E-state index contributed by atoms with van der Waals surface area (Å²) in [6, 6.07) is 10.6. The summed E-state index contributed by atoms with van der Waals surface area (Å²) in [6.07, 6.45) is 1.90. The van der Waals surface area contributed by atoms with Crippen molar-refractivity contribution in [3.63, 3.8) is 0 Å². The number of anilines is 1. The Hall–Kier alpha value is -2.25. The summed E-state index contributed by atoms with van der Waals surface area (Å²) in [5.74, 6) is -0.298. The molecule has 0 saturated carbocycles. The molecule has 2 aliphatic heterocycles. The number of benzene rings is 2. The average Bonchev–Trinajstić information content (AvgIpc) is 3.08. The molecule has 5 nitrogen and oxygen atoms in total. The first-order valence-electron chi connectivity index (χ1n) is 9.08. The van der Waals surface area contributed by atoms with Crippen LogP contribution in [-0.4, -0.2) is 31.7 Å². The monoisotopic (exact) mass is 388 g/mol. The number of carbonyl (C=O) groups is 1. The summed E-state index contributed by atoms with van der Waals surface area (Å²) in [6.45, 7) is 2.80. The van der Waals surface area contributed by atoms with E-state index >= 15 is 0 Å². The number of rotatable bonds is 3. The second kappa shape index (κ2) is 6.73. The molecule has 0 aromatic heterocycles. The molecule has 1 fully saturated rings. The number of halogens is 1. The van der Waals surface area contributed by atoms with Crippen LogP contribution in [0.25, 0.3) is 0 Å². The van der Waals surface area contributed by atoms with Crippen molar-refractivity contribution in [2.45, 2.75) is 37.1 Å². The van der Waals surface area contributed by atoms with Gasteiger partial charge in [-0.1, -0.05) is 6.07 Å². The quantitative estimate of drug-likeness (QED) is 0.811. The highest BCUT2D eigenvalue weighted by atomic mass is 32.2. The molecule has 2 heterocycles. The van der Waals surface area contributed by atoms with E-state index < -0.39 is 16.1 Å². The summed E-state index contributed by atoms with van der Waals surface area (Å²) in [7, 11) is -3.71. The molecule has 27 heavy (non-hydrogen) atoms. The summed E-state index contributed by atoms with van der Waals surface area (Å²) < 4.78 is 41.3. The van der Waals surface area contributed by atoms with Gasteiger partial charge in [0.1, 0.15) is 5.82 Å². The number of sulfonamides is 1. The second-order valence-corrected chi connectivity index (χ2v) is 8.92. The van der Waals surface area contributed by atoms with Crippen LogP contribution in [0, 0.1) is 5.82 Å². The summed E-state index contributed by atoms with van der Waals surface area (Å²) >= 11 is 0. The molecule has 4 rings (SSSR count). The van der Waals surface area contributed by atoms with E-state index in [-0.39, 0.29) is 16.6 Å². The molecule has 2 aromatic carbocycles. The van der Waals surface area contributed by atoms with Crippen LogP contribution in [0.2, 0.25) is 0 Å². The summed E-state index contributed by atoms with van der Waals surface area (Å²) in [5, 5.41) is 0. The molecule has 1 unspecified atom stereocenters. The Labute approximate surface area is 158 Å². The van der Waals surface area contributed by atoms with Gasteiger partial charge in [0.25, 0.3) is 0 Å². The van der Waals surface area contributed by atoms with Gasteiger partial charge in [-0.3, -0.25) is 4.79 Å². The van der Waals surface area contributed by atoms with Gasteiger partial charge in [0.05, 0.1) is 4.90 Å². The SMILES string of the molecule is CC1c2cc(F)ccc2CCN1S(=O)(=O)c1ccc(N2CCCC2=O)cc1. The van der Waals surface area contributed by atoms with E-state index in [0.29, 0.717) is 31.5 Å². The first-order chi connectivity index (χ1) is 12.9. The number of hydrogen-bond acceptors (Lipinski definition) is 3. The van der Waals surface area contributed by atoms with E-state index in [1.165, 1.54) is 16.4 Å². The minimum absolute atomic E-state index is 0.0638. The standard InChI is InChI=1S/C20H21FN2O3S/c1-14-19-13-16(21)5-4-15(19)10-12-23(14)27(25,26)18-8-6-17(7-9-18)22-11-2-3-20(22)24/h4-9,13-14H,2-3,10-12H2,1H3. The van der Waals surface area contributed by atoms with E-state index in [1.54, 1.807) is 42.2 Å². The van der Waals surface area contributed by atoms with Gasteiger partial charge in [0.2, 0.25) is 15.9 Å². The number of hydrogen-bond donors (Lipinski definition) is 0. The number of carbonyl (C=O) groups excluding carboxylic acids is 1. The van der Waals surface area contributed by atoms with Gasteiger partial charge in [0.15, 0.2) is 0 Å². The number of nitrogens with zero attached hydrogens (tertiary/aromatic N) is 2. The van der Waals surface area contributed by atoms with Crippen LogP contribution in [-0.2, 0) is 21.2 Å². The van der Waals surface area contributed by atoms with Crippen molar-refractivity contribution in [2.75, 3.05) is 18.0 Å². The fraction of sp³-hybridized carbons (Fsp3) is 0.350. The number of amides is 1. The molecule has 142 valence electrons. The Morgan fingerprint density at radius 1 is 1.04 bits per heavy atom. The third kappa shape index (κ3) is 3.15. The van der Waals surface area contributed by atoms with Crippen molar-refractivity contribution >= 4 is 21.6 Å². The Bertz CT molecular complexity index is 989. The maximum Gasteiger partial charge on any atom is 0.243 e. The van der Waals surface area contributed by atoms with Crippen LogP contribution >= 0.6 is 0 Å². The molecular weight excluding hydrogens is 367 g/mol. The third-order valence-corrected chi connectivity index (χ3v) is 7.40. The lowest BCUT2D eigenvalue weighted by Gasteiger charge is -2.34. The van der Waals surface area contributed by atoms with Crippen molar-refractivity contribution in [1.82, 2.24) is 4.31 Å². The normalized spacial score (nSPS) is 20.7. The highest BCUT2D eigenvalue weighted by Crippen LogP contribution is 2.34. The Balaban J connectivity index is 1.62. The molecule has 2 aliphatic rings. The molecule has 0 aliphatic carbocycles. The van der Waals surface area contributed by atoms with Crippen LogP contribution in [0.5, 0.6) is 0 Å². The Kier molecular flexibility index (Phi) is 4.52. The fourth-order valence-corrected chi connectivity index (χ4v) is 5.56. The van der Waals surface area contributed by atoms with Crippen LogP contribution in [0.3, 0.4) is 0 Å². The Morgan fingerprint density at radius 2 is 1.78 bits per heavy atom. The molecular formula is C20H21FN2O3S. The van der Waals surface area contributed by atoms with E-state index in [4.69, 9.17) is 0 Å². The van der Waals surface area contributed by atoms with Crippen LogP contribution in [0.4, 0.5) is 10.1 Å². The smallest absolute Gasteiger partial charge is 0.243 e. The van der Waals surface area contributed by atoms with Crippen molar-refractivity contribution < 1.29 is 17.6 Å². The van der Waals surface area contributed by atoms with Gasteiger partial charge in [-0.05, 0) is 67.3 Å². The highest BCUT2D eigenvalue weighted by molar-refractivity contribution is 7.89. The predicted octanol–water partition coefficient (Wildman–Crippen LogP) is 3.26. The van der Waals surface area contributed by atoms with Gasteiger partial charge in [0, 0.05) is 31.2 Å². The van der Waals surface area contributed by atoms with Crippen LogP contribution in [0.15, 0.2) is 47.4 Å². The molecule has 1 saturated heterocycles. The molecule has 1 atom stereocenters. The van der Waals surface area contributed by atoms with E-state index in [0.717, 1.165) is 17.7 Å². The van der Waals surface area contributed by atoms with Gasteiger partial charge >= 0.3 is 0 Å². The van der Waals surface area contributed by atoms with Crippen LogP contribution < -0.4 is 4.90 Å². The topological polar surface area (TPSA) is 57.7 Å². The molecule has 0 spiro atoms. The Morgan fingerprint density at radius 3 is 2.44 bits per heavy atom. The molecule has 0 bridgehead atoms. The predicted molar refractivity (Wildman–Crippen MR) is 100 cm³/mol. The second-order valence-electron chi connectivity index (χ2n) is 7.03. The number of fused-ring (bicyclic) bond motifs is 1. The van der Waals surface area contributed by atoms with Crippen molar-refractivity contribution in [2.24, 2.45) is 0 Å². The molecule has 0 N–H and O–H groups in total. The summed E-state index contributed by atoms with van der Waals surface area (Å²) in [4.78, 5) is 13.7. The van der Waals surface area contributed by atoms with Crippen molar-refractivity contribution in [3.05, 3.63) is 59.4 Å². The van der Waals surface area contributed by atoms with E-state index in [9.17, 15) is 17.6 Å². The minimum Gasteiger partial charge on any atom is -0.312 e. The van der Waals surface area contributed by atoms with Gasteiger partial charge in [-0.15, -0.1) is 0 Å². The molecule has 7 heteroatoms. The lowest BCUT2D eigenvalue weighted by molar-refractivity contribution is -0.117. The summed E-state index contributed by atoms with van der Waals surface area (Å²) in [5.41, 5.74) is 2.41.